The minimum absolute atomic E-state index is 0.124. The standard InChI is InChI=1S/C17H22FN3O2/c1-12-9-15(12)17(23)21-7-5-20(6-8-21)11-16(22)19-14-4-2-3-13(18)10-14/h2-4,10,12,15H,5-9,11H2,1H3,(H,19,22)/p+1/t12-,15-/m1/s1. The molecular weight excluding hydrogens is 297 g/mol. The molecular formula is C17H23FN3O2+. The van der Waals surface area contributed by atoms with Crippen molar-refractivity contribution in [3.8, 4) is 0 Å². The molecule has 2 fully saturated rings. The van der Waals surface area contributed by atoms with E-state index < -0.39 is 0 Å². The number of hydrogen-bond donors (Lipinski definition) is 2. The highest BCUT2D eigenvalue weighted by molar-refractivity contribution is 5.91. The summed E-state index contributed by atoms with van der Waals surface area (Å²) < 4.78 is 13.1. The Balaban J connectivity index is 1.43. The Hall–Kier alpha value is -1.95. The summed E-state index contributed by atoms with van der Waals surface area (Å²) in [4.78, 5) is 27.3. The van der Waals surface area contributed by atoms with E-state index in [1.807, 2.05) is 4.90 Å². The van der Waals surface area contributed by atoms with Crippen molar-refractivity contribution in [2.45, 2.75) is 13.3 Å². The lowest BCUT2D eigenvalue weighted by Gasteiger charge is -2.32. The number of hydrogen-bond acceptors (Lipinski definition) is 2. The fourth-order valence-corrected chi connectivity index (χ4v) is 3.12. The largest absolute Gasteiger partial charge is 0.331 e. The summed E-state index contributed by atoms with van der Waals surface area (Å²) in [5.41, 5.74) is 0.478. The summed E-state index contributed by atoms with van der Waals surface area (Å²) in [6.45, 7) is 5.45. The number of nitrogens with one attached hydrogen (secondary N) is 2. The summed E-state index contributed by atoms with van der Waals surface area (Å²) in [7, 11) is 0. The van der Waals surface area contributed by atoms with Crippen molar-refractivity contribution in [1.82, 2.24) is 4.90 Å². The van der Waals surface area contributed by atoms with Crippen LogP contribution in [0.5, 0.6) is 0 Å². The topological polar surface area (TPSA) is 53.9 Å². The number of carbonyl (C=O) groups is 2. The first-order chi connectivity index (χ1) is 11.0. The van der Waals surface area contributed by atoms with Gasteiger partial charge in [0.05, 0.1) is 26.2 Å². The predicted octanol–water partition coefficient (Wildman–Crippen LogP) is 0.147. The second kappa shape index (κ2) is 6.66. The molecule has 23 heavy (non-hydrogen) atoms. The van der Waals surface area contributed by atoms with E-state index in [-0.39, 0.29) is 23.5 Å². The van der Waals surface area contributed by atoms with Gasteiger partial charge in [-0.3, -0.25) is 9.59 Å². The van der Waals surface area contributed by atoms with Gasteiger partial charge in [0.2, 0.25) is 5.91 Å². The molecule has 2 atom stereocenters. The maximum atomic E-state index is 13.1. The van der Waals surface area contributed by atoms with Gasteiger partial charge in [-0.25, -0.2) is 4.39 Å². The third-order valence-electron chi connectivity index (χ3n) is 4.73. The third kappa shape index (κ3) is 4.07. The van der Waals surface area contributed by atoms with E-state index in [0.29, 0.717) is 31.2 Å². The molecule has 124 valence electrons. The van der Waals surface area contributed by atoms with Crippen LogP contribution in [0.3, 0.4) is 0 Å². The Labute approximate surface area is 135 Å². The number of quaternary nitrogens is 1. The lowest BCUT2D eigenvalue weighted by atomic mass is 10.2. The van der Waals surface area contributed by atoms with Gasteiger partial charge < -0.3 is 15.1 Å². The zero-order chi connectivity index (χ0) is 16.4. The monoisotopic (exact) mass is 320 g/mol. The molecule has 6 heteroatoms. The molecule has 5 nitrogen and oxygen atoms in total. The van der Waals surface area contributed by atoms with Crippen LogP contribution in [0.25, 0.3) is 0 Å². The number of anilines is 1. The molecule has 1 aliphatic carbocycles. The molecule has 1 heterocycles. The Bertz CT molecular complexity index is 599. The van der Waals surface area contributed by atoms with Crippen LogP contribution in [-0.2, 0) is 9.59 Å². The molecule has 0 bridgehead atoms. The molecule has 0 unspecified atom stereocenters. The summed E-state index contributed by atoms with van der Waals surface area (Å²) in [6, 6.07) is 5.89. The van der Waals surface area contributed by atoms with Gasteiger partial charge in [0.15, 0.2) is 6.54 Å². The highest BCUT2D eigenvalue weighted by Gasteiger charge is 2.42. The highest BCUT2D eigenvalue weighted by Crippen LogP contribution is 2.39. The lowest BCUT2D eigenvalue weighted by Crippen LogP contribution is -3.15. The van der Waals surface area contributed by atoms with Crippen molar-refractivity contribution in [2.75, 3.05) is 38.0 Å². The minimum atomic E-state index is -0.364. The maximum absolute atomic E-state index is 13.1. The number of rotatable bonds is 4. The second-order valence-corrected chi connectivity index (χ2v) is 6.63. The first kappa shape index (κ1) is 15.9. The number of piperazine rings is 1. The van der Waals surface area contributed by atoms with Crippen molar-refractivity contribution in [2.24, 2.45) is 11.8 Å². The molecule has 1 aliphatic heterocycles. The van der Waals surface area contributed by atoms with Gasteiger partial charge in [0.25, 0.3) is 5.91 Å². The van der Waals surface area contributed by atoms with E-state index in [0.717, 1.165) is 24.4 Å². The summed E-state index contributed by atoms with van der Waals surface area (Å²) >= 11 is 0. The van der Waals surface area contributed by atoms with Crippen molar-refractivity contribution < 1.29 is 18.9 Å². The first-order valence-corrected chi connectivity index (χ1v) is 8.20. The third-order valence-corrected chi connectivity index (χ3v) is 4.73. The van der Waals surface area contributed by atoms with Gasteiger partial charge in [-0.1, -0.05) is 13.0 Å². The Morgan fingerprint density at radius 1 is 1.35 bits per heavy atom. The summed E-state index contributed by atoms with van der Waals surface area (Å²) in [5.74, 6) is 0.552. The molecule has 0 aromatic heterocycles. The fraction of sp³-hybridized carbons (Fsp3) is 0.529. The number of nitrogens with zero attached hydrogens (tertiary/aromatic N) is 1. The molecule has 0 spiro atoms. The van der Waals surface area contributed by atoms with Crippen molar-refractivity contribution in [3.63, 3.8) is 0 Å². The fourth-order valence-electron chi connectivity index (χ4n) is 3.12. The van der Waals surface area contributed by atoms with Crippen LogP contribution in [0.15, 0.2) is 24.3 Å². The predicted molar refractivity (Wildman–Crippen MR) is 84.4 cm³/mol. The minimum Gasteiger partial charge on any atom is -0.331 e. The SMILES string of the molecule is C[C@@H]1C[C@H]1C(=O)N1CC[NH+](CC(=O)Nc2cccc(F)c2)CC1. The Kier molecular flexibility index (Phi) is 4.61. The van der Waals surface area contributed by atoms with Crippen LogP contribution in [-0.4, -0.2) is 49.4 Å². The number of halogens is 1. The molecule has 3 rings (SSSR count). The summed E-state index contributed by atoms with van der Waals surface area (Å²) in [5, 5.41) is 2.72. The van der Waals surface area contributed by atoms with Crippen molar-refractivity contribution >= 4 is 17.5 Å². The zero-order valence-electron chi connectivity index (χ0n) is 13.3. The van der Waals surface area contributed by atoms with Gasteiger partial charge in [0, 0.05) is 11.6 Å². The van der Waals surface area contributed by atoms with E-state index in [1.54, 1.807) is 12.1 Å². The molecule has 1 saturated carbocycles. The van der Waals surface area contributed by atoms with Gasteiger partial charge >= 0.3 is 0 Å². The molecule has 2 N–H and O–H groups in total. The average molecular weight is 320 g/mol. The van der Waals surface area contributed by atoms with E-state index in [4.69, 9.17) is 0 Å². The number of benzene rings is 1. The molecule has 1 saturated heterocycles. The van der Waals surface area contributed by atoms with Crippen LogP contribution in [0.4, 0.5) is 10.1 Å². The van der Waals surface area contributed by atoms with Gasteiger partial charge in [-0.2, -0.15) is 0 Å². The molecule has 1 aromatic rings. The molecule has 2 amide bonds. The molecule has 2 aliphatic rings. The van der Waals surface area contributed by atoms with Crippen LogP contribution >= 0.6 is 0 Å². The number of carbonyl (C=O) groups excluding carboxylic acids is 2. The van der Waals surface area contributed by atoms with Crippen LogP contribution in [0.1, 0.15) is 13.3 Å². The van der Waals surface area contributed by atoms with Crippen molar-refractivity contribution in [1.29, 1.82) is 0 Å². The number of amides is 2. The smallest absolute Gasteiger partial charge is 0.279 e. The average Bonchev–Trinajstić information content (AvgIpc) is 3.24. The van der Waals surface area contributed by atoms with Gasteiger partial charge in [-0.05, 0) is 30.5 Å². The Morgan fingerprint density at radius 3 is 2.65 bits per heavy atom. The van der Waals surface area contributed by atoms with Gasteiger partial charge in [-0.15, -0.1) is 0 Å². The lowest BCUT2D eigenvalue weighted by molar-refractivity contribution is -0.895. The van der Waals surface area contributed by atoms with E-state index in [1.165, 1.54) is 12.1 Å². The van der Waals surface area contributed by atoms with Crippen molar-refractivity contribution in [3.05, 3.63) is 30.1 Å². The normalized spacial score (nSPS) is 24.3. The quantitative estimate of drug-likeness (QED) is 0.830. The van der Waals surface area contributed by atoms with E-state index in [2.05, 4.69) is 12.2 Å². The van der Waals surface area contributed by atoms with E-state index >= 15 is 0 Å². The second-order valence-electron chi connectivity index (χ2n) is 6.63. The summed E-state index contributed by atoms with van der Waals surface area (Å²) in [6.07, 6.45) is 1.02. The molecule has 1 aromatic carbocycles. The van der Waals surface area contributed by atoms with Gasteiger partial charge in [0.1, 0.15) is 5.82 Å². The first-order valence-electron chi connectivity index (χ1n) is 8.20. The zero-order valence-corrected chi connectivity index (χ0v) is 13.3. The molecule has 0 radical (unpaired) electrons. The highest BCUT2D eigenvalue weighted by atomic mass is 19.1. The Morgan fingerprint density at radius 2 is 2.04 bits per heavy atom. The van der Waals surface area contributed by atoms with Crippen LogP contribution in [0.2, 0.25) is 0 Å². The van der Waals surface area contributed by atoms with Crippen LogP contribution < -0.4 is 10.2 Å². The van der Waals surface area contributed by atoms with Crippen LogP contribution in [0, 0.1) is 17.7 Å². The maximum Gasteiger partial charge on any atom is 0.279 e. The van der Waals surface area contributed by atoms with E-state index in [9.17, 15) is 14.0 Å².